The van der Waals surface area contributed by atoms with Gasteiger partial charge >= 0.3 is 0 Å². The molecule has 0 amide bonds. The van der Waals surface area contributed by atoms with Crippen LogP contribution in [0.25, 0.3) is 21.1 Å². The summed E-state index contributed by atoms with van der Waals surface area (Å²) in [5, 5.41) is 10.9. The van der Waals surface area contributed by atoms with Gasteiger partial charge in [-0.05, 0) is 55.5 Å². The summed E-state index contributed by atoms with van der Waals surface area (Å²) in [6.45, 7) is 1.70. The molecule has 1 unspecified atom stereocenters. The Labute approximate surface area is 174 Å². The minimum atomic E-state index is -0.503. The molecule has 0 spiro atoms. The number of aliphatic hydroxyl groups excluding tert-OH is 1. The van der Waals surface area contributed by atoms with Gasteiger partial charge in [0.2, 0.25) is 0 Å². The lowest BCUT2D eigenvalue weighted by Gasteiger charge is -1.97. The third-order valence-electron chi connectivity index (χ3n) is 3.76. The van der Waals surface area contributed by atoms with Crippen molar-refractivity contribution in [3.63, 3.8) is 0 Å². The van der Waals surface area contributed by atoms with Crippen molar-refractivity contribution in [3.8, 4) is 21.1 Å². The fourth-order valence-corrected chi connectivity index (χ4v) is 3.87. The maximum absolute atomic E-state index is 12.7. The van der Waals surface area contributed by atoms with Gasteiger partial charge in [-0.3, -0.25) is 4.79 Å². The molecule has 0 aliphatic heterocycles. The molecule has 0 fully saturated rings. The summed E-state index contributed by atoms with van der Waals surface area (Å²) in [7, 11) is 0. The van der Waals surface area contributed by atoms with Gasteiger partial charge in [0.05, 0.1) is 15.9 Å². The van der Waals surface area contributed by atoms with Crippen LogP contribution >= 0.6 is 22.7 Å². The highest BCUT2D eigenvalue weighted by Gasteiger charge is 2.08. The minimum Gasteiger partial charge on any atom is -0.388 e. The Kier molecular flexibility index (Phi) is 6.92. The number of rotatable bonds is 4. The van der Waals surface area contributed by atoms with Crippen molar-refractivity contribution in [2.75, 3.05) is 0 Å². The summed E-state index contributed by atoms with van der Waals surface area (Å²) < 4.78 is 25.3. The second-order valence-corrected chi connectivity index (χ2v) is 8.07. The molecule has 29 heavy (non-hydrogen) atoms. The fraction of sp³-hybridized carbons (Fsp3) is 0.0952. The lowest BCUT2D eigenvalue weighted by molar-refractivity contribution is 0.112. The van der Waals surface area contributed by atoms with Gasteiger partial charge in [0, 0.05) is 23.5 Å². The van der Waals surface area contributed by atoms with E-state index in [1.165, 1.54) is 53.1 Å². The third kappa shape index (κ3) is 5.60. The van der Waals surface area contributed by atoms with Gasteiger partial charge in [-0.1, -0.05) is 0 Å². The molecule has 1 N–H and O–H groups in total. The molecule has 2 aromatic carbocycles. The molecular weight excluding hydrogens is 414 g/mol. The highest BCUT2D eigenvalue weighted by atomic mass is 32.1. The number of aromatic nitrogens is 2. The Morgan fingerprint density at radius 1 is 0.862 bits per heavy atom. The molecule has 4 rings (SSSR count). The number of carbonyl (C=O) groups is 1. The molecule has 0 radical (unpaired) electrons. The number of thiazole rings is 2. The van der Waals surface area contributed by atoms with Crippen molar-refractivity contribution in [1.82, 2.24) is 9.97 Å². The molecule has 2 heterocycles. The highest BCUT2D eigenvalue weighted by Crippen LogP contribution is 2.28. The zero-order valence-electron chi connectivity index (χ0n) is 15.3. The van der Waals surface area contributed by atoms with E-state index in [0.29, 0.717) is 4.88 Å². The molecule has 0 saturated carbocycles. The van der Waals surface area contributed by atoms with Crippen molar-refractivity contribution in [1.29, 1.82) is 0 Å². The van der Waals surface area contributed by atoms with E-state index in [-0.39, 0.29) is 11.6 Å². The van der Waals surface area contributed by atoms with Gasteiger partial charge in [0.1, 0.15) is 21.6 Å². The minimum absolute atomic E-state index is 0.258. The summed E-state index contributed by atoms with van der Waals surface area (Å²) in [6, 6.07) is 12.2. The van der Waals surface area contributed by atoms with Crippen LogP contribution in [0.3, 0.4) is 0 Å². The van der Waals surface area contributed by atoms with Crippen LogP contribution in [0.1, 0.15) is 27.6 Å². The van der Waals surface area contributed by atoms with Crippen molar-refractivity contribution >= 4 is 29.0 Å². The van der Waals surface area contributed by atoms with Crippen molar-refractivity contribution in [3.05, 3.63) is 82.3 Å². The molecule has 148 valence electrons. The smallest absolute Gasteiger partial charge is 0.161 e. The van der Waals surface area contributed by atoms with E-state index in [4.69, 9.17) is 0 Å². The first-order valence-corrected chi connectivity index (χ1v) is 10.2. The normalized spacial score (nSPS) is 11.4. The summed E-state index contributed by atoms with van der Waals surface area (Å²) in [5.41, 5.74) is 1.69. The predicted octanol–water partition coefficient (Wildman–Crippen LogP) is 5.76. The van der Waals surface area contributed by atoms with Gasteiger partial charge in [0.25, 0.3) is 0 Å². The maximum atomic E-state index is 12.7. The zero-order chi connectivity index (χ0) is 20.8. The predicted molar refractivity (Wildman–Crippen MR) is 111 cm³/mol. The summed E-state index contributed by atoms with van der Waals surface area (Å²) >= 11 is 2.71. The zero-order valence-corrected chi connectivity index (χ0v) is 16.9. The Balaban J connectivity index is 0.000000166. The Morgan fingerprint density at radius 3 is 1.76 bits per heavy atom. The summed E-state index contributed by atoms with van der Waals surface area (Å²) in [5.74, 6) is -0.535. The van der Waals surface area contributed by atoms with Crippen molar-refractivity contribution in [2.45, 2.75) is 13.0 Å². The quantitative estimate of drug-likeness (QED) is 0.418. The number of halogens is 2. The molecule has 4 nitrogen and oxygen atoms in total. The van der Waals surface area contributed by atoms with Crippen LogP contribution in [0, 0.1) is 11.6 Å². The lowest BCUT2D eigenvalue weighted by Crippen LogP contribution is -1.83. The van der Waals surface area contributed by atoms with Crippen LogP contribution in [-0.2, 0) is 0 Å². The van der Waals surface area contributed by atoms with Crippen LogP contribution in [0.15, 0.2) is 60.9 Å². The van der Waals surface area contributed by atoms with Gasteiger partial charge in [-0.15, -0.1) is 22.7 Å². The fourth-order valence-electron chi connectivity index (χ4n) is 2.27. The van der Waals surface area contributed by atoms with E-state index in [1.807, 2.05) is 0 Å². The topological polar surface area (TPSA) is 63.1 Å². The number of aldehydes is 1. The summed E-state index contributed by atoms with van der Waals surface area (Å²) in [4.78, 5) is 20.0. The second-order valence-electron chi connectivity index (χ2n) is 5.94. The molecule has 0 aliphatic carbocycles. The van der Waals surface area contributed by atoms with Crippen molar-refractivity contribution in [2.24, 2.45) is 0 Å². The van der Waals surface area contributed by atoms with Crippen LogP contribution in [0.4, 0.5) is 8.78 Å². The SMILES string of the molecule is CC(O)c1cnc(-c2ccc(F)cc2)s1.O=Cc1cnc(-c2ccc(F)cc2)s1. The first-order valence-electron chi connectivity index (χ1n) is 8.53. The standard InChI is InChI=1S/C11H10FNOS.C10H6FNOS/c1-7(14)10-6-13-11(15-10)8-2-4-9(12)5-3-8;11-8-3-1-7(2-4-8)10-12-5-9(6-13)14-10/h2-7,14H,1H3;1-6H. The molecule has 8 heteroatoms. The number of hydrogen-bond donors (Lipinski definition) is 1. The molecule has 0 aliphatic rings. The van der Waals surface area contributed by atoms with E-state index >= 15 is 0 Å². The van der Waals surface area contributed by atoms with E-state index in [2.05, 4.69) is 9.97 Å². The first-order chi connectivity index (χ1) is 14.0. The molecule has 0 bridgehead atoms. The lowest BCUT2D eigenvalue weighted by atomic mass is 10.2. The van der Waals surface area contributed by atoms with Crippen molar-refractivity contribution < 1.29 is 18.7 Å². The molecule has 4 aromatic rings. The maximum Gasteiger partial charge on any atom is 0.161 e. The van der Waals surface area contributed by atoms with E-state index < -0.39 is 6.10 Å². The van der Waals surface area contributed by atoms with E-state index in [9.17, 15) is 18.7 Å². The molecule has 1 atom stereocenters. The van der Waals surface area contributed by atoms with Crippen LogP contribution < -0.4 is 0 Å². The second kappa shape index (κ2) is 9.60. The van der Waals surface area contributed by atoms with Gasteiger partial charge in [0.15, 0.2) is 6.29 Å². The Hall–Kier alpha value is -2.81. The third-order valence-corrected chi connectivity index (χ3v) is 5.95. The average molecular weight is 431 g/mol. The highest BCUT2D eigenvalue weighted by molar-refractivity contribution is 7.16. The number of hydrogen-bond acceptors (Lipinski definition) is 6. The van der Waals surface area contributed by atoms with Gasteiger partial charge in [-0.25, -0.2) is 18.7 Å². The number of carbonyl (C=O) groups excluding carboxylic acids is 1. The van der Waals surface area contributed by atoms with Gasteiger partial charge in [-0.2, -0.15) is 0 Å². The van der Waals surface area contributed by atoms with Gasteiger partial charge < -0.3 is 5.11 Å². The Morgan fingerprint density at radius 2 is 1.34 bits per heavy atom. The van der Waals surface area contributed by atoms with Crippen LogP contribution in [0.2, 0.25) is 0 Å². The number of benzene rings is 2. The summed E-state index contributed by atoms with van der Waals surface area (Å²) in [6.07, 6.45) is 3.41. The van der Waals surface area contributed by atoms with Crippen LogP contribution in [-0.4, -0.2) is 21.4 Å². The molecular formula is C21H16F2N2O2S2. The monoisotopic (exact) mass is 430 g/mol. The first kappa shape index (κ1) is 20.9. The number of aliphatic hydroxyl groups is 1. The molecule has 2 aromatic heterocycles. The average Bonchev–Trinajstić information content (AvgIpc) is 3.40. The van der Waals surface area contributed by atoms with E-state index in [0.717, 1.165) is 32.3 Å². The molecule has 0 saturated heterocycles. The number of nitrogens with zero attached hydrogens (tertiary/aromatic N) is 2. The largest absolute Gasteiger partial charge is 0.388 e. The van der Waals surface area contributed by atoms with E-state index in [1.54, 1.807) is 37.4 Å². The van der Waals surface area contributed by atoms with Crippen LogP contribution in [0.5, 0.6) is 0 Å². The Bertz CT molecular complexity index is 1070.